The Morgan fingerprint density at radius 2 is 1.53 bits per heavy atom. The second kappa shape index (κ2) is 14.0. The molecule has 3 saturated heterocycles. The molecule has 3 amide bonds. The first-order chi connectivity index (χ1) is 22.7. The summed E-state index contributed by atoms with van der Waals surface area (Å²) in [5, 5.41) is 11.2. The van der Waals surface area contributed by atoms with Crippen molar-refractivity contribution in [2.75, 3.05) is 29.5 Å². The molecule has 3 aliphatic rings. The van der Waals surface area contributed by atoms with E-state index in [4.69, 9.17) is 11.6 Å². The molecule has 3 aromatic carbocycles. The fraction of sp³-hybridized carbons (Fsp3) is 0.324. The summed E-state index contributed by atoms with van der Waals surface area (Å²) in [4.78, 5) is 49.5. The lowest BCUT2D eigenvalue weighted by atomic mass is 9.70. The molecular weight excluding hydrogens is 698 g/mol. The molecule has 0 radical (unpaired) electrons. The number of amides is 3. The molecule has 7 nitrogen and oxygen atoms in total. The largest absolute Gasteiger partial charge is 0.394 e. The number of halogens is 2. The van der Waals surface area contributed by atoms with E-state index < -0.39 is 28.7 Å². The van der Waals surface area contributed by atoms with E-state index in [0.717, 1.165) is 11.3 Å². The van der Waals surface area contributed by atoms with Gasteiger partial charge in [0.1, 0.15) is 6.04 Å². The number of carbonyl (C=O) groups excluding carboxylic acids is 3. The van der Waals surface area contributed by atoms with Crippen molar-refractivity contribution in [3.05, 3.63) is 121 Å². The summed E-state index contributed by atoms with van der Waals surface area (Å²) < 4.78 is -0.903. The molecule has 3 heterocycles. The molecule has 0 aromatic heterocycles. The highest BCUT2D eigenvalue weighted by Crippen LogP contribution is 2.68. The quantitative estimate of drug-likeness (QED) is 0.179. The van der Waals surface area contributed by atoms with Gasteiger partial charge in [0.25, 0.3) is 5.91 Å². The minimum atomic E-state index is -0.936. The highest BCUT2D eigenvalue weighted by atomic mass is 79.9. The molecule has 6 rings (SSSR count). The summed E-state index contributed by atoms with van der Waals surface area (Å²) in [6.07, 6.45) is 4.22. The van der Waals surface area contributed by atoms with Gasteiger partial charge >= 0.3 is 0 Å². The number of nitrogens with zero attached hydrogens (tertiary/aromatic N) is 3. The standard InChI is InChI=1S/C37H37BrClN3O4S/c1-3-19-40(26-13-9-6-10-14-26)34(44)30-31-35(45)42(28(23-43)21-24-11-7-5-8-12-24)33(37(31)22-29(38)32(30)47-37)36(46)41(20-4-2)27-17-15-25(39)16-18-27/h3-18,28-33,43H,1-2,19-23H2/t28-,29?,30+,31+,32+,33?,37?/m1/s1. The Bertz CT molecular complexity index is 1640. The Labute approximate surface area is 293 Å². The molecule has 47 heavy (non-hydrogen) atoms. The number of anilines is 2. The van der Waals surface area contributed by atoms with Gasteiger partial charge in [0, 0.05) is 39.6 Å². The van der Waals surface area contributed by atoms with Crippen LogP contribution in [-0.4, -0.2) is 74.3 Å². The van der Waals surface area contributed by atoms with Crippen LogP contribution in [0.4, 0.5) is 11.4 Å². The van der Waals surface area contributed by atoms with E-state index in [-0.39, 0.29) is 47.5 Å². The summed E-state index contributed by atoms with van der Waals surface area (Å²) in [5.74, 6) is -2.17. The molecule has 0 saturated carbocycles. The van der Waals surface area contributed by atoms with Crippen LogP contribution in [-0.2, 0) is 20.8 Å². The Hall–Kier alpha value is -3.37. The van der Waals surface area contributed by atoms with Crippen molar-refractivity contribution in [1.29, 1.82) is 0 Å². The van der Waals surface area contributed by atoms with Gasteiger partial charge in [-0.1, -0.05) is 88.2 Å². The van der Waals surface area contributed by atoms with Crippen molar-refractivity contribution in [2.24, 2.45) is 11.8 Å². The number of thioether (sulfide) groups is 1. The lowest BCUT2D eigenvalue weighted by Crippen LogP contribution is -2.58. The zero-order valence-electron chi connectivity index (χ0n) is 25.8. The first-order valence-corrected chi connectivity index (χ1v) is 17.9. The van der Waals surface area contributed by atoms with Gasteiger partial charge in [0.2, 0.25) is 11.8 Å². The second-order valence-electron chi connectivity index (χ2n) is 12.2. The number of carbonyl (C=O) groups is 3. The third kappa shape index (κ3) is 5.96. The van der Waals surface area contributed by atoms with Crippen LogP contribution >= 0.6 is 39.3 Å². The Morgan fingerprint density at radius 3 is 2.13 bits per heavy atom. The number of likely N-dealkylation sites (tertiary alicyclic amines) is 1. The molecule has 10 heteroatoms. The first-order valence-electron chi connectivity index (χ1n) is 15.7. The van der Waals surface area contributed by atoms with Gasteiger partial charge in [-0.05, 0) is 54.8 Å². The van der Waals surface area contributed by atoms with Gasteiger partial charge in [-0.3, -0.25) is 14.4 Å². The average molecular weight is 735 g/mol. The predicted octanol–water partition coefficient (Wildman–Crippen LogP) is 6.15. The van der Waals surface area contributed by atoms with Crippen molar-refractivity contribution < 1.29 is 19.5 Å². The molecule has 3 aliphatic heterocycles. The first kappa shape index (κ1) is 33.5. The van der Waals surface area contributed by atoms with Crippen LogP contribution in [0.3, 0.4) is 0 Å². The van der Waals surface area contributed by atoms with Crippen molar-refractivity contribution in [1.82, 2.24) is 4.90 Å². The van der Waals surface area contributed by atoms with E-state index in [1.165, 1.54) is 0 Å². The van der Waals surface area contributed by atoms with Crippen LogP contribution in [0.2, 0.25) is 5.02 Å². The maximum atomic E-state index is 15.0. The third-order valence-corrected chi connectivity index (χ3v) is 13.0. The summed E-state index contributed by atoms with van der Waals surface area (Å²) in [6.45, 7) is 7.94. The van der Waals surface area contributed by atoms with Crippen molar-refractivity contribution in [2.45, 2.75) is 39.7 Å². The van der Waals surface area contributed by atoms with E-state index in [2.05, 4.69) is 29.1 Å². The maximum Gasteiger partial charge on any atom is 0.251 e. The van der Waals surface area contributed by atoms with Gasteiger partial charge in [0.15, 0.2) is 0 Å². The number of aliphatic hydroxyl groups excluding tert-OH is 1. The molecule has 1 N–H and O–H groups in total. The Balaban J connectivity index is 1.47. The third-order valence-electron chi connectivity index (χ3n) is 9.53. The van der Waals surface area contributed by atoms with E-state index in [9.17, 15) is 14.7 Å². The van der Waals surface area contributed by atoms with Crippen molar-refractivity contribution in [3.8, 4) is 0 Å². The Morgan fingerprint density at radius 1 is 0.957 bits per heavy atom. The normalized spacial score (nSPS) is 26.5. The fourth-order valence-corrected chi connectivity index (χ4v) is 11.3. The van der Waals surface area contributed by atoms with Crippen molar-refractivity contribution >= 4 is 68.4 Å². The Kier molecular flexibility index (Phi) is 9.99. The number of alkyl halides is 1. The van der Waals surface area contributed by atoms with Gasteiger partial charge in [-0.15, -0.1) is 24.9 Å². The number of rotatable bonds is 12. The molecule has 244 valence electrons. The summed E-state index contributed by atoms with van der Waals surface area (Å²) in [7, 11) is 0. The number of benzene rings is 3. The van der Waals surface area contributed by atoms with Crippen molar-refractivity contribution in [3.63, 3.8) is 0 Å². The van der Waals surface area contributed by atoms with Gasteiger partial charge in [-0.25, -0.2) is 0 Å². The molecule has 1 spiro atoms. The molecule has 7 atom stereocenters. The van der Waals surface area contributed by atoms with Crippen LogP contribution in [0.5, 0.6) is 0 Å². The SMILES string of the molecule is C=CCN(C(=O)C1N([C@@H](CO)Cc2ccccc2)C(=O)[C@@H]2[C@H](C(=O)N(CC=C)c3ccccc3)[C@H]3SC12CC3Br)c1ccc(Cl)cc1. The molecule has 0 aliphatic carbocycles. The minimum absolute atomic E-state index is 0.104. The number of fused-ring (bicyclic) bond motifs is 1. The number of aliphatic hydroxyl groups is 1. The van der Waals surface area contributed by atoms with E-state index in [1.54, 1.807) is 62.9 Å². The fourth-order valence-electron chi connectivity index (χ4n) is 7.62. The highest BCUT2D eigenvalue weighted by Gasteiger charge is 2.76. The van der Waals surface area contributed by atoms with Gasteiger partial charge in [-0.2, -0.15) is 0 Å². The van der Waals surface area contributed by atoms with E-state index in [0.29, 0.717) is 23.6 Å². The van der Waals surface area contributed by atoms with Crippen LogP contribution in [0.1, 0.15) is 12.0 Å². The zero-order valence-corrected chi connectivity index (χ0v) is 29.0. The number of hydrogen-bond donors (Lipinski definition) is 1. The van der Waals surface area contributed by atoms with Crippen LogP contribution < -0.4 is 9.80 Å². The number of hydrogen-bond acceptors (Lipinski definition) is 5. The van der Waals surface area contributed by atoms with Crippen LogP contribution in [0.15, 0.2) is 110 Å². The van der Waals surface area contributed by atoms with Crippen LogP contribution in [0, 0.1) is 11.8 Å². The van der Waals surface area contributed by atoms with Gasteiger partial charge < -0.3 is 19.8 Å². The molecule has 3 aromatic rings. The van der Waals surface area contributed by atoms with Crippen LogP contribution in [0.25, 0.3) is 0 Å². The summed E-state index contributed by atoms with van der Waals surface area (Å²) >= 11 is 11.7. The van der Waals surface area contributed by atoms with E-state index in [1.807, 2.05) is 60.7 Å². The summed E-state index contributed by atoms with van der Waals surface area (Å²) in [6, 6.07) is 24.4. The minimum Gasteiger partial charge on any atom is -0.394 e. The lowest BCUT2D eigenvalue weighted by Gasteiger charge is -2.40. The zero-order chi connectivity index (χ0) is 33.3. The second-order valence-corrected chi connectivity index (χ2v) is 15.4. The molecule has 3 fully saturated rings. The predicted molar refractivity (Wildman–Crippen MR) is 193 cm³/mol. The average Bonchev–Trinajstić information content (AvgIpc) is 3.69. The van der Waals surface area contributed by atoms with Gasteiger partial charge in [0.05, 0.1) is 29.2 Å². The van der Waals surface area contributed by atoms with E-state index >= 15 is 4.79 Å². The molecule has 2 bridgehead atoms. The lowest BCUT2D eigenvalue weighted by molar-refractivity contribution is -0.141. The smallest absolute Gasteiger partial charge is 0.251 e. The monoisotopic (exact) mass is 733 g/mol. The molecular formula is C37H37BrClN3O4S. The molecule has 3 unspecified atom stereocenters. The number of para-hydroxylation sites is 1. The highest BCUT2D eigenvalue weighted by molar-refractivity contribution is 9.09. The maximum absolute atomic E-state index is 15.0. The topological polar surface area (TPSA) is 81.2 Å². The summed E-state index contributed by atoms with van der Waals surface area (Å²) in [5.41, 5.74) is 2.28.